The summed E-state index contributed by atoms with van der Waals surface area (Å²) in [6.45, 7) is 0. The maximum Gasteiger partial charge on any atom is 6.00 e. The minimum absolute atomic E-state index is 0. The molecule has 0 bridgehead atoms. The normalized spacial score (nSPS) is 0. The molecule has 0 heterocycles. The number of hydrogen-bond donors (Lipinski definition) is 0. The molecule has 21 heavy (non-hydrogen) atoms. The van der Waals surface area contributed by atoms with Gasteiger partial charge in [-0.25, -0.2) is 0 Å². The monoisotopic (exact) mass is 946 g/mol. The third-order valence-corrected chi connectivity index (χ3v) is 0. The Kier molecular flexibility index (Phi) is 22100. The van der Waals surface area contributed by atoms with Gasteiger partial charge in [0.05, 0.1) is 0 Å². The predicted octanol–water partition coefficient (Wildman–Crippen LogP) is -8.31. The summed E-state index contributed by atoms with van der Waals surface area (Å²) in [5, 5.41) is 0. The second kappa shape index (κ2) is 640. The van der Waals surface area contributed by atoms with Crippen molar-refractivity contribution in [2.24, 2.45) is 0 Å². The first-order valence-electron chi connectivity index (χ1n) is 0. The summed E-state index contributed by atoms with van der Waals surface area (Å²) in [5.41, 5.74) is 0. The van der Waals surface area contributed by atoms with Crippen LogP contribution in [0, 0.1) is 0 Å². The third-order valence-electron chi connectivity index (χ3n) is 0. The van der Waals surface area contributed by atoms with Crippen molar-refractivity contribution in [2.45, 2.75) is 0 Å². The molecule has 0 aromatic heterocycles. The van der Waals surface area contributed by atoms with E-state index >= 15 is 0 Å². The minimum atomic E-state index is 0. The maximum absolute atomic E-state index is 0. The van der Waals surface area contributed by atoms with Gasteiger partial charge in [0.2, 0.25) is 0 Å². The van der Waals surface area contributed by atoms with E-state index in [2.05, 4.69) is 0 Å². The van der Waals surface area contributed by atoms with E-state index in [1.54, 1.807) is 0 Å². The van der Waals surface area contributed by atoms with E-state index in [9.17, 15) is 0 Å². The van der Waals surface area contributed by atoms with Crippen molar-refractivity contribution >= 4 is 47.8 Å². The van der Waals surface area contributed by atoms with Crippen LogP contribution in [-0.2, 0) is 146 Å². The summed E-state index contributed by atoms with van der Waals surface area (Å²) in [6.07, 6.45) is 0. The number of hydrogen-bond acceptors (Lipinski definition) is 0. The summed E-state index contributed by atoms with van der Waals surface area (Å²) in [4.78, 5) is 0. The molecule has 0 aliphatic heterocycles. The molecule has 0 unspecified atom stereocenters. The van der Waals surface area contributed by atoms with Gasteiger partial charge in [-0.05, 0) is 0 Å². The van der Waals surface area contributed by atoms with E-state index in [1.165, 1.54) is 0 Å². The molecule has 0 saturated carbocycles. The summed E-state index contributed by atoms with van der Waals surface area (Å²) >= 11 is 0. The van der Waals surface area contributed by atoms with Gasteiger partial charge in [0.25, 0.3) is 0 Å². The summed E-state index contributed by atoms with van der Waals surface area (Å²) in [6, 6.07) is 0. The van der Waals surface area contributed by atoms with Crippen LogP contribution in [0.2, 0.25) is 0 Å². The van der Waals surface area contributed by atoms with Crippen molar-refractivity contribution in [1.82, 2.24) is 0 Å². The molecule has 0 radical (unpaired) electrons. The van der Waals surface area contributed by atoms with E-state index < -0.39 is 0 Å². The van der Waals surface area contributed by atoms with Gasteiger partial charge < -0.3 is 71.2 Å². The molecule has 0 aromatic rings. The van der Waals surface area contributed by atoms with E-state index in [1.807, 2.05) is 0 Å². The van der Waals surface area contributed by atoms with Crippen LogP contribution in [0.25, 0.3) is 0 Å². The quantitative estimate of drug-likeness (QED) is 0.204. The van der Waals surface area contributed by atoms with Gasteiger partial charge in [0.1, 0.15) is 0 Å². The predicted molar refractivity (Wildman–Crippen MR) is 20.4 cm³/mol. The maximum atomic E-state index is 0. The van der Waals surface area contributed by atoms with Gasteiger partial charge in [-0.2, -0.15) is 0 Å². The zero-order valence-electron chi connectivity index (χ0n) is 9.76. The molecule has 0 saturated heterocycles. The minimum Gasteiger partial charge on any atom is -2.00 e. The number of rotatable bonds is 0. The molecule has 0 N–H and O–H groups in total. The fraction of sp³-hybridized carbons (Fsp3) is 0. The zero-order valence-corrected chi connectivity index (χ0v) is 23.3. The second-order valence-electron chi connectivity index (χ2n) is 0. The Labute approximate surface area is 228 Å². The Morgan fingerprint density at radius 2 is 0.238 bits per heavy atom. The van der Waals surface area contributed by atoms with Crippen molar-refractivity contribution in [2.75, 3.05) is 0 Å². The molecule has 0 aliphatic carbocycles. The molecule has 0 aromatic carbocycles. The topological polar surface area (TPSA) is 370 Å². The largest absolute Gasteiger partial charge is 6.00 e. The Morgan fingerprint density at radius 1 is 0.238 bits per heavy atom. The average Bonchev–Trinajstić information content (AvgIpc) is 0. The first-order valence-corrected chi connectivity index (χ1v) is 0. The van der Waals surface area contributed by atoms with E-state index in [-0.39, 0.29) is 232 Å². The molecule has 0 spiro atoms. The molecule has 13 nitrogen and oxygen atoms in total. The molecular formula is Li2Ni2O13Sn2W2. The van der Waals surface area contributed by atoms with Crippen LogP contribution in [0.15, 0.2) is 0 Å². The molecule has 21 heteroatoms. The van der Waals surface area contributed by atoms with Crippen molar-refractivity contribution in [3.63, 3.8) is 0 Å². The van der Waals surface area contributed by atoms with Gasteiger partial charge in [0.15, 0.2) is 0 Å². The second-order valence-corrected chi connectivity index (χ2v) is 0. The molecule has 0 amide bonds. The van der Waals surface area contributed by atoms with Crippen molar-refractivity contribution in [1.29, 1.82) is 0 Å². The van der Waals surface area contributed by atoms with Crippen LogP contribution in [-0.4, -0.2) is 47.8 Å². The molecular weight excluding hydrogens is 944 g/mol. The third kappa shape index (κ3) is 587. The van der Waals surface area contributed by atoms with Crippen molar-refractivity contribution in [3.8, 4) is 0 Å². The van der Waals surface area contributed by atoms with Gasteiger partial charge in [-0.3, -0.25) is 0 Å². The average molecular weight is 944 g/mol. The fourth-order valence-corrected chi connectivity index (χ4v) is 0. The standard InChI is InChI=1S/2Li.2Ni.13O.2Sn.2W/q2*+1;2*+2;13*-2;2*+4;2*+6. The Morgan fingerprint density at radius 3 is 0.238 bits per heavy atom. The van der Waals surface area contributed by atoms with Gasteiger partial charge in [-0.15, -0.1) is 0 Å². The van der Waals surface area contributed by atoms with Crippen LogP contribution < -0.4 is 37.7 Å². The van der Waals surface area contributed by atoms with Crippen LogP contribution >= 0.6 is 0 Å². The molecule has 0 atom stereocenters. The Bertz CT molecular complexity index is 36.1. The zero-order chi connectivity index (χ0) is 0. The van der Waals surface area contributed by atoms with Gasteiger partial charge in [0, 0.05) is 0 Å². The smallest absolute Gasteiger partial charge is 2.00 e. The first kappa shape index (κ1) is 724. The van der Waals surface area contributed by atoms with E-state index in [0.717, 1.165) is 0 Å². The molecule has 0 aliphatic rings. The van der Waals surface area contributed by atoms with Gasteiger partial charge >= 0.3 is 161 Å². The van der Waals surface area contributed by atoms with E-state index in [0.29, 0.717) is 0 Å². The SMILES string of the molecule is [Li+].[Li+].[Ni+2].[Ni+2].[O-2].[O-2].[O-2].[O-2].[O-2].[O-2].[O-2].[O-2].[O-2].[O-2].[O-2].[O-2].[O-2].[Sn+4].[Sn+4].[W+6].[W+6]. The van der Waals surface area contributed by atoms with Crippen LogP contribution in [0.4, 0.5) is 0 Å². The molecule has 0 fully saturated rings. The van der Waals surface area contributed by atoms with Crippen molar-refractivity contribution < 1.29 is 184 Å². The first-order chi connectivity index (χ1) is 0. The summed E-state index contributed by atoms with van der Waals surface area (Å²) in [5.74, 6) is 0. The van der Waals surface area contributed by atoms with Gasteiger partial charge in [-0.1, -0.05) is 0 Å². The summed E-state index contributed by atoms with van der Waals surface area (Å²) in [7, 11) is 0. The molecule has 120 valence electrons. The van der Waals surface area contributed by atoms with Crippen LogP contribution in [0.3, 0.4) is 0 Å². The fourth-order valence-electron chi connectivity index (χ4n) is 0. The summed E-state index contributed by atoms with van der Waals surface area (Å²) < 4.78 is 0. The van der Waals surface area contributed by atoms with Crippen LogP contribution in [0.5, 0.6) is 0 Å². The van der Waals surface area contributed by atoms with Crippen molar-refractivity contribution in [3.05, 3.63) is 0 Å². The molecule has 0 rings (SSSR count). The Hall–Kier alpha value is 4.64. The Balaban J connectivity index is 0. The van der Waals surface area contributed by atoms with E-state index in [4.69, 9.17) is 0 Å². The van der Waals surface area contributed by atoms with Crippen LogP contribution in [0.1, 0.15) is 0 Å².